The van der Waals surface area contributed by atoms with Crippen LogP contribution in [0.5, 0.6) is 0 Å². The van der Waals surface area contributed by atoms with Crippen LogP contribution >= 0.6 is 0 Å². The van der Waals surface area contributed by atoms with Crippen molar-refractivity contribution in [1.29, 1.82) is 0 Å². The van der Waals surface area contributed by atoms with E-state index in [1.54, 1.807) is 0 Å². The fraction of sp³-hybridized carbons (Fsp3) is 0.611. The molecule has 1 saturated heterocycles. The Bertz CT molecular complexity index is 487. The van der Waals surface area contributed by atoms with Gasteiger partial charge in [0.05, 0.1) is 5.92 Å². The number of carbonyl (C=O) groups is 1. The third-order valence-corrected chi connectivity index (χ3v) is 5.38. The molecule has 0 radical (unpaired) electrons. The normalized spacial score (nSPS) is 31.4. The minimum absolute atomic E-state index is 0.133. The molecule has 0 amide bonds. The van der Waals surface area contributed by atoms with E-state index in [0.717, 1.165) is 38.3 Å². The van der Waals surface area contributed by atoms with Gasteiger partial charge in [0.2, 0.25) is 0 Å². The van der Waals surface area contributed by atoms with Gasteiger partial charge in [-0.2, -0.15) is 0 Å². The van der Waals surface area contributed by atoms with Crippen molar-refractivity contribution in [2.75, 3.05) is 13.1 Å². The maximum Gasteiger partial charge on any atom is 0.306 e. The molecule has 1 heterocycles. The molecule has 4 unspecified atom stereocenters. The molecule has 1 N–H and O–H groups in total. The number of carboxylic acids is 1. The summed E-state index contributed by atoms with van der Waals surface area (Å²) in [6.45, 7) is 4.33. The minimum atomic E-state index is -0.613. The van der Waals surface area contributed by atoms with Gasteiger partial charge in [0.1, 0.15) is 0 Å². The molecule has 3 rings (SSSR count). The Balaban J connectivity index is 1.57. The highest BCUT2D eigenvalue weighted by Gasteiger charge is 2.44. The van der Waals surface area contributed by atoms with Gasteiger partial charge in [-0.1, -0.05) is 30.3 Å². The maximum atomic E-state index is 11.1. The standard InChI is InChI=1S/C18H25NO2/c1-13(16-12-17(16)14-6-3-2-4-7-14)19-10-5-8-15(9-11-19)18(20)21/h2-4,6-7,13,15-17H,5,8-12H2,1H3,(H,20,21). The van der Waals surface area contributed by atoms with Crippen LogP contribution in [0.25, 0.3) is 0 Å². The van der Waals surface area contributed by atoms with Crippen molar-refractivity contribution in [3.63, 3.8) is 0 Å². The van der Waals surface area contributed by atoms with Crippen molar-refractivity contribution < 1.29 is 9.90 Å². The largest absolute Gasteiger partial charge is 0.481 e. The highest BCUT2D eigenvalue weighted by atomic mass is 16.4. The fourth-order valence-electron chi connectivity index (χ4n) is 3.87. The summed E-state index contributed by atoms with van der Waals surface area (Å²) in [5, 5.41) is 9.18. The van der Waals surface area contributed by atoms with Gasteiger partial charge in [-0.25, -0.2) is 0 Å². The Hall–Kier alpha value is -1.35. The molecule has 0 aromatic heterocycles. The zero-order chi connectivity index (χ0) is 14.8. The van der Waals surface area contributed by atoms with Gasteiger partial charge >= 0.3 is 5.97 Å². The summed E-state index contributed by atoms with van der Waals surface area (Å²) < 4.78 is 0. The van der Waals surface area contributed by atoms with Gasteiger partial charge in [-0.3, -0.25) is 4.79 Å². The highest BCUT2D eigenvalue weighted by Crippen LogP contribution is 2.50. The van der Waals surface area contributed by atoms with Crippen molar-refractivity contribution in [3.05, 3.63) is 35.9 Å². The first-order valence-corrected chi connectivity index (χ1v) is 8.18. The maximum absolute atomic E-state index is 11.1. The SMILES string of the molecule is CC(C1CC1c1ccccc1)N1CCCC(C(=O)O)CC1. The number of carboxylic acid groups (broad SMARTS) is 1. The molecule has 1 aliphatic carbocycles. The first-order valence-electron chi connectivity index (χ1n) is 8.18. The summed E-state index contributed by atoms with van der Waals surface area (Å²) in [6.07, 6.45) is 3.95. The number of nitrogens with zero attached hydrogens (tertiary/aromatic N) is 1. The lowest BCUT2D eigenvalue weighted by Crippen LogP contribution is -2.36. The summed E-state index contributed by atoms with van der Waals surface area (Å²) in [5.74, 6) is 0.706. The summed E-state index contributed by atoms with van der Waals surface area (Å²) in [7, 11) is 0. The molecule has 114 valence electrons. The number of benzene rings is 1. The second-order valence-electron chi connectivity index (χ2n) is 6.66. The van der Waals surface area contributed by atoms with Crippen molar-refractivity contribution in [3.8, 4) is 0 Å². The molecule has 3 nitrogen and oxygen atoms in total. The van der Waals surface area contributed by atoms with E-state index in [9.17, 15) is 9.90 Å². The van der Waals surface area contributed by atoms with Crippen LogP contribution in [0.2, 0.25) is 0 Å². The van der Waals surface area contributed by atoms with Gasteiger partial charge in [0.15, 0.2) is 0 Å². The van der Waals surface area contributed by atoms with E-state index in [1.807, 2.05) is 0 Å². The Kier molecular flexibility index (Phi) is 4.29. The Morgan fingerprint density at radius 3 is 2.71 bits per heavy atom. The predicted octanol–water partition coefficient (Wildman–Crippen LogP) is 3.37. The fourth-order valence-corrected chi connectivity index (χ4v) is 3.87. The van der Waals surface area contributed by atoms with Gasteiger partial charge in [0.25, 0.3) is 0 Å². The van der Waals surface area contributed by atoms with Gasteiger partial charge in [-0.15, -0.1) is 0 Å². The van der Waals surface area contributed by atoms with E-state index in [0.29, 0.717) is 12.0 Å². The average Bonchev–Trinajstić information content (AvgIpc) is 3.31. The minimum Gasteiger partial charge on any atom is -0.481 e. The van der Waals surface area contributed by atoms with E-state index < -0.39 is 5.97 Å². The van der Waals surface area contributed by atoms with Crippen LogP contribution in [0.1, 0.15) is 44.1 Å². The molecule has 2 fully saturated rings. The number of rotatable bonds is 4. The first-order chi connectivity index (χ1) is 10.2. The van der Waals surface area contributed by atoms with Crippen molar-refractivity contribution >= 4 is 5.97 Å². The molecule has 0 spiro atoms. The third kappa shape index (κ3) is 3.29. The molecule has 1 aromatic carbocycles. The lowest BCUT2D eigenvalue weighted by atomic mass is 10.0. The van der Waals surface area contributed by atoms with E-state index in [2.05, 4.69) is 42.2 Å². The summed E-state index contributed by atoms with van der Waals surface area (Å²) >= 11 is 0. The van der Waals surface area contributed by atoms with Crippen LogP contribution in [0, 0.1) is 11.8 Å². The average molecular weight is 287 g/mol. The zero-order valence-electron chi connectivity index (χ0n) is 12.7. The van der Waals surface area contributed by atoms with Crippen LogP contribution in [-0.2, 0) is 4.79 Å². The molecule has 2 aliphatic rings. The molecule has 0 bridgehead atoms. The molecular weight excluding hydrogens is 262 g/mol. The summed E-state index contributed by atoms with van der Waals surface area (Å²) in [4.78, 5) is 13.7. The number of hydrogen-bond acceptors (Lipinski definition) is 2. The second-order valence-corrected chi connectivity index (χ2v) is 6.66. The molecule has 3 heteroatoms. The van der Waals surface area contributed by atoms with Gasteiger partial charge in [0, 0.05) is 6.04 Å². The molecule has 1 aliphatic heterocycles. The zero-order valence-corrected chi connectivity index (χ0v) is 12.7. The molecule has 21 heavy (non-hydrogen) atoms. The molecule has 1 saturated carbocycles. The first kappa shape index (κ1) is 14.6. The smallest absolute Gasteiger partial charge is 0.306 e. The van der Waals surface area contributed by atoms with E-state index in [-0.39, 0.29) is 5.92 Å². The number of likely N-dealkylation sites (tertiary alicyclic amines) is 1. The topological polar surface area (TPSA) is 40.5 Å². The predicted molar refractivity (Wildman–Crippen MR) is 83.3 cm³/mol. The Morgan fingerprint density at radius 2 is 2.00 bits per heavy atom. The van der Waals surface area contributed by atoms with Crippen LogP contribution in [-0.4, -0.2) is 35.1 Å². The quantitative estimate of drug-likeness (QED) is 0.923. The number of hydrogen-bond donors (Lipinski definition) is 1. The lowest BCUT2D eigenvalue weighted by molar-refractivity contribution is -0.142. The van der Waals surface area contributed by atoms with E-state index in [1.165, 1.54) is 12.0 Å². The third-order valence-electron chi connectivity index (χ3n) is 5.38. The van der Waals surface area contributed by atoms with Gasteiger partial charge in [-0.05, 0) is 63.1 Å². The molecule has 1 aromatic rings. The summed E-state index contributed by atoms with van der Waals surface area (Å²) in [5.41, 5.74) is 1.47. The Labute approximate surface area is 127 Å². The van der Waals surface area contributed by atoms with Crippen molar-refractivity contribution in [2.24, 2.45) is 11.8 Å². The monoisotopic (exact) mass is 287 g/mol. The van der Waals surface area contributed by atoms with Crippen LogP contribution in [0.4, 0.5) is 0 Å². The van der Waals surface area contributed by atoms with Gasteiger partial charge < -0.3 is 10.0 Å². The summed E-state index contributed by atoms with van der Waals surface area (Å²) in [6, 6.07) is 11.4. The van der Waals surface area contributed by atoms with Crippen LogP contribution < -0.4 is 0 Å². The number of aliphatic carboxylic acids is 1. The van der Waals surface area contributed by atoms with Crippen LogP contribution in [0.3, 0.4) is 0 Å². The molecular formula is C18H25NO2. The van der Waals surface area contributed by atoms with Crippen LogP contribution in [0.15, 0.2) is 30.3 Å². The second kappa shape index (κ2) is 6.18. The van der Waals surface area contributed by atoms with Crippen molar-refractivity contribution in [2.45, 2.75) is 44.6 Å². The highest BCUT2D eigenvalue weighted by molar-refractivity contribution is 5.69. The van der Waals surface area contributed by atoms with E-state index in [4.69, 9.17) is 0 Å². The Morgan fingerprint density at radius 1 is 1.24 bits per heavy atom. The van der Waals surface area contributed by atoms with Crippen molar-refractivity contribution in [1.82, 2.24) is 4.90 Å². The molecule has 4 atom stereocenters. The van der Waals surface area contributed by atoms with E-state index >= 15 is 0 Å². The lowest BCUT2D eigenvalue weighted by Gasteiger charge is -2.28.